The zero-order valence-corrected chi connectivity index (χ0v) is 16.9. The van der Waals surface area contributed by atoms with Crippen LogP contribution >= 0.6 is 24.0 Å². The SMILES string of the molecule is I.N#Cc1ccccc1-c1ccc(CN=C(N)NCC2CCCO2)cc1. The lowest BCUT2D eigenvalue weighted by Crippen LogP contribution is -2.37. The molecule has 136 valence electrons. The molecule has 1 aliphatic heterocycles. The Morgan fingerprint density at radius 3 is 2.69 bits per heavy atom. The van der Waals surface area contributed by atoms with Gasteiger partial charge in [-0.3, -0.25) is 0 Å². The molecule has 6 heteroatoms. The average Bonchev–Trinajstić information content (AvgIpc) is 3.19. The van der Waals surface area contributed by atoms with Crippen LogP contribution in [0.15, 0.2) is 53.5 Å². The van der Waals surface area contributed by atoms with Crippen molar-refractivity contribution in [2.24, 2.45) is 10.7 Å². The van der Waals surface area contributed by atoms with Crippen molar-refractivity contribution in [3.8, 4) is 17.2 Å². The highest BCUT2D eigenvalue weighted by molar-refractivity contribution is 14.0. The molecule has 0 spiro atoms. The largest absolute Gasteiger partial charge is 0.376 e. The molecule has 1 saturated heterocycles. The number of halogens is 1. The van der Waals surface area contributed by atoms with Gasteiger partial charge in [-0.1, -0.05) is 42.5 Å². The van der Waals surface area contributed by atoms with Gasteiger partial charge in [-0.15, -0.1) is 24.0 Å². The van der Waals surface area contributed by atoms with Crippen LogP contribution in [-0.2, 0) is 11.3 Å². The van der Waals surface area contributed by atoms with Crippen LogP contribution in [0.25, 0.3) is 11.1 Å². The Morgan fingerprint density at radius 1 is 1.23 bits per heavy atom. The Hall–Kier alpha value is -2.11. The van der Waals surface area contributed by atoms with Crippen molar-refractivity contribution < 1.29 is 4.74 Å². The van der Waals surface area contributed by atoms with Gasteiger partial charge in [-0.25, -0.2) is 4.99 Å². The molecular formula is C20H23IN4O. The second kappa shape index (κ2) is 10.1. The summed E-state index contributed by atoms with van der Waals surface area (Å²) < 4.78 is 5.54. The molecular weight excluding hydrogens is 439 g/mol. The quantitative estimate of drug-likeness (QED) is 0.405. The van der Waals surface area contributed by atoms with Crippen molar-refractivity contribution >= 4 is 29.9 Å². The molecule has 0 saturated carbocycles. The van der Waals surface area contributed by atoms with Gasteiger partial charge < -0.3 is 15.8 Å². The fourth-order valence-electron chi connectivity index (χ4n) is 2.88. The molecule has 1 aliphatic rings. The highest BCUT2D eigenvalue weighted by Gasteiger charge is 2.14. The first-order chi connectivity index (χ1) is 12.3. The third-order valence-electron chi connectivity index (χ3n) is 4.28. The van der Waals surface area contributed by atoms with Crippen molar-refractivity contribution in [3.05, 3.63) is 59.7 Å². The first kappa shape index (κ1) is 20.2. The summed E-state index contributed by atoms with van der Waals surface area (Å²) in [6.45, 7) is 2.06. The molecule has 0 aromatic heterocycles. The lowest BCUT2D eigenvalue weighted by atomic mass is 9.99. The number of nitrogens with two attached hydrogens (primary N) is 1. The minimum absolute atomic E-state index is 0. The second-order valence-corrected chi connectivity index (χ2v) is 6.07. The number of nitriles is 1. The highest BCUT2D eigenvalue weighted by Crippen LogP contribution is 2.23. The monoisotopic (exact) mass is 462 g/mol. The number of hydrogen-bond acceptors (Lipinski definition) is 3. The van der Waals surface area contributed by atoms with Gasteiger partial charge in [0.25, 0.3) is 0 Å². The van der Waals surface area contributed by atoms with Crippen LogP contribution in [0.4, 0.5) is 0 Å². The summed E-state index contributed by atoms with van der Waals surface area (Å²) in [4.78, 5) is 4.37. The second-order valence-electron chi connectivity index (χ2n) is 6.07. The predicted octanol–water partition coefficient (Wildman–Crippen LogP) is 3.43. The average molecular weight is 462 g/mol. The van der Waals surface area contributed by atoms with Crippen molar-refractivity contribution in [2.75, 3.05) is 13.2 Å². The Morgan fingerprint density at radius 2 is 2.00 bits per heavy atom. The van der Waals surface area contributed by atoms with Crippen molar-refractivity contribution in [1.29, 1.82) is 5.26 Å². The Kier molecular flexibility index (Phi) is 7.88. The number of guanidine groups is 1. The summed E-state index contributed by atoms with van der Waals surface area (Å²) in [7, 11) is 0. The molecule has 3 N–H and O–H groups in total. The minimum atomic E-state index is 0. The van der Waals surface area contributed by atoms with Crippen molar-refractivity contribution in [2.45, 2.75) is 25.5 Å². The summed E-state index contributed by atoms with van der Waals surface area (Å²) in [6.07, 6.45) is 2.43. The molecule has 26 heavy (non-hydrogen) atoms. The van der Waals surface area contributed by atoms with E-state index in [0.717, 1.165) is 36.1 Å². The van der Waals surface area contributed by atoms with E-state index in [1.54, 1.807) is 0 Å². The van der Waals surface area contributed by atoms with Gasteiger partial charge >= 0.3 is 0 Å². The van der Waals surface area contributed by atoms with Crippen molar-refractivity contribution in [1.82, 2.24) is 5.32 Å². The summed E-state index contributed by atoms with van der Waals surface area (Å²) in [5.41, 5.74) is 9.62. The maximum atomic E-state index is 9.21. The van der Waals surface area contributed by atoms with E-state index >= 15 is 0 Å². The molecule has 1 fully saturated rings. The third-order valence-corrected chi connectivity index (χ3v) is 4.28. The molecule has 2 aromatic carbocycles. The molecule has 0 bridgehead atoms. The van der Waals surface area contributed by atoms with Gasteiger partial charge in [-0.2, -0.15) is 5.26 Å². The van der Waals surface area contributed by atoms with E-state index in [0.29, 0.717) is 24.6 Å². The Bertz CT molecular complexity index is 777. The van der Waals surface area contributed by atoms with Gasteiger partial charge in [0.2, 0.25) is 0 Å². The molecule has 0 amide bonds. The molecule has 3 rings (SSSR count). The topological polar surface area (TPSA) is 83.4 Å². The zero-order valence-electron chi connectivity index (χ0n) is 14.5. The summed E-state index contributed by atoms with van der Waals surface area (Å²) >= 11 is 0. The highest BCUT2D eigenvalue weighted by atomic mass is 127. The van der Waals surface area contributed by atoms with Gasteiger partial charge in [0.15, 0.2) is 5.96 Å². The van der Waals surface area contributed by atoms with Crippen LogP contribution in [0.2, 0.25) is 0 Å². The zero-order chi connectivity index (χ0) is 17.5. The molecule has 2 aromatic rings. The lowest BCUT2D eigenvalue weighted by Gasteiger charge is -2.11. The van der Waals surface area contributed by atoms with E-state index in [9.17, 15) is 5.26 Å². The van der Waals surface area contributed by atoms with Crippen LogP contribution < -0.4 is 11.1 Å². The number of benzene rings is 2. The fraction of sp³-hybridized carbons (Fsp3) is 0.300. The number of ether oxygens (including phenoxy) is 1. The summed E-state index contributed by atoms with van der Waals surface area (Å²) in [5, 5.41) is 12.3. The van der Waals surface area contributed by atoms with E-state index in [-0.39, 0.29) is 30.1 Å². The van der Waals surface area contributed by atoms with Crippen LogP contribution in [0.1, 0.15) is 24.0 Å². The predicted molar refractivity (Wildman–Crippen MR) is 114 cm³/mol. The van der Waals surface area contributed by atoms with Crippen LogP contribution in [-0.4, -0.2) is 25.2 Å². The molecule has 5 nitrogen and oxygen atoms in total. The maximum absolute atomic E-state index is 9.21. The molecule has 1 atom stereocenters. The third kappa shape index (κ3) is 5.44. The first-order valence-corrected chi connectivity index (χ1v) is 8.50. The van der Waals surface area contributed by atoms with Gasteiger partial charge in [0, 0.05) is 13.2 Å². The van der Waals surface area contributed by atoms with E-state index in [1.165, 1.54) is 0 Å². The summed E-state index contributed by atoms with van der Waals surface area (Å²) in [6, 6.07) is 17.9. The maximum Gasteiger partial charge on any atom is 0.189 e. The van der Waals surface area contributed by atoms with Crippen LogP contribution in [0.3, 0.4) is 0 Å². The summed E-state index contributed by atoms with van der Waals surface area (Å²) in [5.74, 6) is 0.439. The number of nitrogens with zero attached hydrogens (tertiary/aromatic N) is 2. The van der Waals surface area contributed by atoms with E-state index < -0.39 is 0 Å². The first-order valence-electron chi connectivity index (χ1n) is 8.50. The van der Waals surface area contributed by atoms with E-state index in [1.807, 2.05) is 48.5 Å². The van der Waals surface area contributed by atoms with Gasteiger partial charge in [-0.05, 0) is 35.6 Å². The Labute approximate surface area is 171 Å². The van der Waals surface area contributed by atoms with Crippen molar-refractivity contribution in [3.63, 3.8) is 0 Å². The minimum Gasteiger partial charge on any atom is -0.376 e. The van der Waals surface area contributed by atoms with Gasteiger partial charge in [0.05, 0.1) is 24.3 Å². The smallest absolute Gasteiger partial charge is 0.189 e. The standard InChI is InChI=1S/C20H22N4O.HI/c21-12-17-4-1-2-6-19(17)16-9-7-15(8-10-16)13-23-20(22)24-14-18-5-3-11-25-18;/h1-2,4,6-10,18H,3,5,11,13-14H2,(H3,22,23,24);1H. The van der Waals surface area contributed by atoms with Crippen LogP contribution in [0.5, 0.6) is 0 Å². The number of nitrogens with one attached hydrogen (secondary N) is 1. The van der Waals surface area contributed by atoms with Crippen LogP contribution in [0, 0.1) is 11.3 Å². The Balaban J connectivity index is 0.00000243. The fourth-order valence-corrected chi connectivity index (χ4v) is 2.88. The van der Waals surface area contributed by atoms with Gasteiger partial charge in [0.1, 0.15) is 0 Å². The van der Waals surface area contributed by atoms with E-state index in [4.69, 9.17) is 10.5 Å². The molecule has 1 unspecified atom stereocenters. The molecule has 0 aliphatic carbocycles. The van der Waals surface area contributed by atoms with E-state index in [2.05, 4.69) is 16.4 Å². The molecule has 1 heterocycles. The number of hydrogen-bond donors (Lipinski definition) is 2. The molecule has 0 radical (unpaired) electrons. The lowest BCUT2D eigenvalue weighted by molar-refractivity contribution is 0.114. The number of aliphatic imine (C=N–C) groups is 1. The normalized spacial score (nSPS) is 16.6. The number of rotatable bonds is 5.